The van der Waals surface area contributed by atoms with Crippen LogP contribution in [-0.4, -0.2) is 17.2 Å². The van der Waals surface area contributed by atoms with Crippen LogP contribution >= 0.6 is 11.6 Å². The second-order valence-electron chi connectivity index (χ2n) is 4.43. The third-order valence-electron chi connectivity index (χ3n) is 2.99. The van der Waals surface area contributed by atoms with Gasteiger partial charge >= 0.3 is 0 Å². The van der Waals surface area contributed by atoms with Crippen LogP contribution in [-0.2, 0) is 0 Å². The molecule has 0 radical (unpaired) electrons. The smallest absolute Gasteiger partial charge is 0.220 e. The van der Waals surface area contributed by atoms with E-state index in [1.807, 2.05) is 6.07 Å². The molecule has 0 saturated carbocycles. The molecule has 3 rings (SSSR count). The van der Waals surface area contributed by atoms with Gasteiger partial charge in [0.2, 0.25) is 5.89 Å². The molecule has 5 heteroatoms. The number of ether oxygens (including phenoxy) is 1. The molecule has 106 valence electrons. The molecule has 3 aromatic rings. The van der Waals surface area contributed by atoms with Crippen molar-refractivity contribution in [3.8, 4) is 11.5 Å². The highest BCUT2D eigenvalue weighted by Gasteiger charge is 2.04. The molecule has 0 unspecified atom stereocenters. The van der Waals surface area contributed by atoms with Gasteiger partial charge < -0.3 is 14.3 Å². The minimum atomic E-state index is 0.0870. The third kappa shape index (κ3) is 2.85. The fourth-order valence-electron chi connectivity index (χ4n) is 1.97. The summed E-state index contributed by atoms with van der Waals surface area (Å²) in [6.45, 7) is 0. The highest BCUT2D eigenvalue weighted by atomic mass is 35.5. The number of nitrogens with zero attached hydrogens (tertiary/aromatic N) is 1. The lowest BCUT2D eigenvalue weighted by Gasteiger charge is -2.02. The number of phenolic OH excluding ortho intramolecular Hbond substituents is 1. The van der Waals surface area contributed by atoms with Crippen LogP contribution in [0.15, 0.2) is 40.8 Å². The Kier molecular flexibility index (Phi) is 3.54. The van der Waals surface area contributed by atoms with Gasteiger partial charge in [-0.2, -0.15) is 0 Å². The Bertz CT molecular complexity index is 824. The SMILES string of the molecule is COc1ccc(C=Cc2nc3cc(Cl)ccc3o2)cc1O. The van der Waals surface area contributed by atoms with Crippen LogP contribution in [0.25, 0.3) is 23.3 Å². The summed E-state index contributed by atoms with van der Waals surface area (Å²) in [7, 11) is 1.51. The number of hydrogen-bond acceptors (Lipinski definition) is 4. The largest absolute Gasteiger partial charge is 0.504 e. The Labute approximate surface area is 126 Å². The predicted octanol–water partition coefficient (Wildman–Crippen LogP) is 4.37. The monoisotopic (exact) mass is 301 g/mol. The van der Waals surface area contributed by atoms with Crippen molar-refractivity contribution in [1.29, 1.82) is 0 Å². The number of aromatic nitrogens is 1. The van der Waals surface area contributed by atoms with E-state index in [0.29, 0.717) is 27.8 Å². The number of rotatable bonds is 3. The minimum absolute atomic E-state index is 0.0870. The Morgan fingerprint density at radius 3 is 2.81 bits per heavy atom. The quantitative estimate of drug-likeness (QED) is 0.780. The summed E-state index contributed by atoms with van der Waals surface area (Å²) in [4.78, 5) is 4.32. The summed E-state index contributed by atoms with van der Waals surface area (Å²) in [6, 6.07) is 10.4. The van der Waals surface area contributed by atoms with E-state index in [0.717, 1.165) is 5.56 Å². The van der Waals surface area contributed by atoms with Crippen molar-refractivity contribution >= 4 is 34.9 Å². The molecular formula is C16H12ClNO3. The Balaban J connectivity index is 1.88. The number of halogens is 1. The lowest BCUT2D eigenvalue weighted by atomic mass is 10.2. The van der Waals surface area contributed by atoms with Crippen LogP contribution in [0.3, 0.4) is 0 Å². The second-order valence-corrected chi connectivity index (χ2v) is 4.87. The zero-order valence-electron chi connectivity index (χ0n) is 11.2. The van der Waals surface area contributed by atoms with E-state index in [1.54, 1.807) is 42.5 Å². The highest BCUT2D eigenvalue weighted by molar-refractivity contribution is 6.31. The second kappa shape index (κ2) is 5.50. The van der Waals surface area contributed by atoms with Gasteiger partial charge in [0.05, 0.1) is 7.11 Å². The van der Waals surface area contributed by atoms with Gasteiger partial charge in [-0.25, -0.2) is 4.98 Å². The minimum Gasteiger partial charge on any atom is -0.504 e. The fourth-order valence-corrected chi connectivity index (χ4v) is 2.13. The molecule has 0 aliphatic rings. The number of aromatic hydroxyl groups is 1. The molecule has 0 atom stereocenters. The Hall–Kier alpha value is -2.46. The van der Waals surface area contributed by atoms with Crippen molar-refractivity contribution in [2.45, 2.75) is 0 Å². The van der Waals surface area contributed by atoms with E-state index in [4.69, 9.17) is 20.8 Å². The average Bonchev–Trinajstić information content (AvgIpc) is 2.87. The van der Waals surface area contributed by atoms with E-state index in [1.165, 1.54) is 7.11 Å². The van der Waals surface area contributed by atoms with E-state index >= 15 is 0 Å². The summed E-state index contributed by atoms with van der Waals surface area (Å²) in [6.07, 6.45) is 3.53. The van der Waals surface area contributed by atoms with Crippen molar-refractivity contribution in [1.82, 2.24) is 4.98 Å². The first-order chi connectivity index (χ1) is 10.2. The first-order valence-corrected chi connectivity index (χ1v) is 6.65. The van der Waals surface area contributed by atoms with Gasteiger partial charge in [-0.15, -0.1) is 0 Å². The van der Waals surface area contributed by atoms with Crippen molar-refractivity contribution in [3.05, 3.63) is 52.9 Å². The van der Waals surface area contributed by atoms with Gasteiger partial charge in [0.15, 0.2) is 17.1 Å². The third-order valence-corrected chi connectivity index (χ3v) is 3.22. The number of oxazole rings is 1. The number of phenols is 1. The van der Waals surface area contributed by atoms with Crippen LogP contribution in [0, 0.1) is 0 Å². The molecule has 2 aromatic carbocycles. The van der Waals surface area contributed by atoms with Crippen molar-refractivity contribution < 1.29 is 14.3 Å². The maximum absolute atomic E-state index is 9.72. The Morgan fingerprint density at radius 1 is 1.19 bits per heavy atom. The van der Waals surface area contributed by atoms with Crippen LogP contribution in [0.5, 0.6) is 11.5 Å². The van der Waals surface area contributed by atoms with Gasteiger partial charge in [-0.3, -0.25) is 0 Å². The summed E-state index contributed by atoms with van der Waals surface area (Å²) >= 11 is 5.91. The average molecular weight is 302 g/mol. The summed E-state index contributed by atoms with van der Waals surface area (Å²) < 4.78 is 10.6. The van der Waals surface area contributed by atoms with Gasteiger partial charge in [-0.05, 0) is 42.0 Å². The van der Waals surface area contributed by atoms with Crippen molar-refractivity contribution in [2.24, 2.45) is 0 Å². The van der Waals surface area contributed by atoms with Crippen molar-refractivity contribution in [3.63, 3.8) is 0 Å². The van der Waals surface area contributed by atoms with Crippen LogP contribution in [0.4, 0.5) is 0 Å². The van der Waals surface area contributed by atoms with Gasteiger partial charge in [0.1, 0.15) is 5.52 Å². The maximum atomic E-state index is 9.72. The maximum Gasteiger partial charge on any atom is 0.220 e. The lowest BCUT2D eigenvalue weighted by Crippen LogP contribution is -1.83. The molecule has 1 heterocycles. The first kappa shape index (κ1) is 13.5. The topological polar surface area (TPSA) is 55.5 Å². The van der Waals surface area contributed by atoms with Crippen LogP contribution in [0.2, 0.25) is 5.02 Å². The Morgan fingerprint density at radius 2 is 2.05 bits per heavy atom. The fraction of sp³-hybridized carbons (Fsp3) is 0.0625. The van der Waals surface area contributed by atoms with Gasteiger partial charge in [-0.1, -0.05) is 17.7 Å². The number of hydrogen-bond donors (Lipinski definition) is 1. The predicted molar refractivity (Wildman–Crippen MR) is 82.6 cm³/mol. The van der Waals surface area contributed by atoms with Crippen LogP contribution in [0.1, 0.15) is 11.5 Å². The molecule has 1 aromatic heterocycles. The normalized spacial score (nSPS) is 11.3. The summed E-state index contributed by atoms with van der Waals surface area (Å²) in [5, 5.41) is 10.3. The summed E-state index contributed by atoms with van der Waals surface area (Å²) in [5.74, 6) is 0.996. The molecule has 0 fully saturated rings. The number of fused-ring (bicyclic) bond motifs is 1. The highest BCUT2D eigenvalue weighted by Crippen LogP contribution is 2.27. The van der Waals surface area contributed by atoms with E-state index in [2.05, 4.69) is 4.98 Å². The molecule has 0 aliphatic heterocycles. The molecule has 21 heavy (non-hydrogen) atoms. The van der Waals surface area contributed by atoms with Crippen LogP contribution < -0.4 is 4.74 Å². The molecule has 0 bridgehead atoms. The standard InChI is InChI=1S/C16H12ClNO3/c1-20-15-5-2-10(8-13(15)19)3-7-16-18-12-9-11(17)4-6-14(12)21-16/h2-9,19H,1H3. The zero-order valence-corrected chi connectivity index (χ0v) is 12.0. The van der Waals surface area contributed by atoms with E-state index in [-0.39, 0.29) is 5.75 Å². The summed E-state index contributed by atoms with van der Waals surface area (Å²) in [5.41, 5.74) is 2.20. The zero-order chi connectivity index (χ0) is 14.8. The molecular weight excluding hydrogens is 290 g/mol. The molecule has 0 spiro atoms. The van der Waals surface area contributed by atoms with E-state index < -0.39 is 0 Å². The van der Waals surface area contributed by atoms with Gasteiger partial charge in [0.25, 0.3) is 0 Å². The molecule has 0 aliphatic carbocycles. The van der Waals surface area contributed by atoms with Gasteiger partial charge in [0, 0.05) is 11.1 Å². The molecule has 0 amide bonds. The first-order valence-electron chi connectivity index (χ1n) is 6.27. The molecule has 4 nitrogen and oxygen atoms in total. The lowest BCUT2D eigenvalue weighted by molar-refractivity contribution is 0.373. The number of benzene rings is 2. The molecule has 1 N–H and O–H groups in total. The number of methoxy groups -OCH3 is 1. The van der Waals surface area contributed by atoms with Crippen molar-refractivity contribution in [2.75, 3.05) is 7.11 Å². The molecule has 0 saturated heterocycles. The van der Waals surface area contributed by atoms with E-state index in [9.17, 15) is 5.11 Å².